The largest absolute Gasteiger partial charge is 0.496 e. The maximum Gasteiger partial charge on any atom is 0.250 e. The molecule has 3 aromatic rings. The third-order valence-electron chi connectivity index (χ3n) is 8.64. The molecule has 42 heavy (non-hydrogen) atoms. The number of rotatable bonds is 10. The van der Waals surface area contributed by atoms with Crippen LogP contribution in [0, 0.1) is 0 Å². The highest BCUT2D eigenvalue weighted by molar-refractivity contribution is 5.96. The van der Waals surface area contributed by atoms with E-state index >= 15 is 0 Å². The van der Waals surface area contributed by atoms with Gasteiger partial charge in [0.05, 0.1) is 19.7 Å². The van der Waals surface area contributed by atoms with Crippen molar-refractivity contribution in [3.8, 4) is 5.75 Å². The van der Waals surface area contributed by atoms with E-state index in [9.17, 15) is 14.4 Å². The number of carbonyl (C=O) groups excluding carboxylic acids is 3. The van der Waals surface area contributed by atoms with E-state index < -0.39 is 5.54 Å². The Morgan fingerprint density at radius 1 is 0.929 bits per heavy atom. The van der Waals surface area contributed by atoms with E-state index in [1.54, 1.807) is 12.0 Å². The van der Waals surface area contributed by atoms with Crippen LogP contribution in [0.25, 0.3) is 0 Å². The normalized spacial score (nSPS) is 16.9. The summed E-state index contributed by atoms with van der Waals surface area (Å²) in [4.78, 5) is 46.3. The fraction of sp³-hybridized carbons (Fsp3) is 0.382. The highest BCUT2D eigenvalue weighted by Gasteiger charge is 2.54. The molecule has 2 aliphatic rings. The molecule has 0 saturated carbocycles. The second-order valence-electron chi connectivity index (χ2n) is 11.0. The van der Waals surface area contributed by atoms with Gasteiger partial charge in [0, 0.05) is 25.3 Å². The van der Waals surface area contributed by atoms with Crippen LogP contribution in [0.15, 0.2) is 84.9 Å². The average molecular weight is 569 g/mol. The standard InChI is InChI=1S/C34H40N4O4/c1-3-29(26-12-6-4-7-13-26)32(40)36-22-19-34(20-23-36)33(41)37(25-38(34)28-15-8-5-9-16-28)24-31(39)35-21-18-27-14-10-11-17-30(27)42-2/h4-17,29H,3,18-25H2,1-2H3,(H,35,39). The molecular formula is C34H40N4O4. The minimum absolute atomic E-state index is 0.00952. The maximum absolute atomic E-state index is 14.1. The Bertz CT molecular complexity index is 1370. The van der Waals surface area contributed by atoms with Crippen molar-refractivity contribution in [1.82, 2.24) is 15.1 Å². The molecule has 220 valence electrons. The molecule has 2 aliphatic heterocycles. The first-order valence-corrected chi connectivity index (χ1v) is 14.8. The first-order valence-electron chi connectivity index (χ1n) is 14.8. The molecule has 0 aromatic heterocycles. The van der Waals surface area contributed by atoms with Crippen molar-refractivity contribution in [3.05, 3.63) is 96.1 Å². The second-order valence-corrected chi connectivity index (χ2v) is 11.0. The number of anilines is 1. The van der Waals surface area contributed by atoms with Gasteiger partial charge in [-0.2, -0.15) is 0 Å². The number of hydrogen-bond donors (Lipinski definition) is 1. The molecule has 0 radical (unpaired) electrons. The molecule has 2 fully saturated rings. The van der Waals surface area contributed by atoms with Crippen LogP contribution in [-0.4, -0.2) is 73.0 Å². The molecule has 2 saturated heterocycles. The third-order valence-corrected chi connectivity index (χ3v) is 8.64. The summed E-state index contributed by atoms with van der Waals surface area (Å²) in [6, 6.07) is 27.6. The van der Waals surface area contributed by atoms with Gasteiger partial charge in [0.1, 0.15) is 17.8 Å². The number of likely N-dealkylation sites (tertiary alicyclic amines) is 1. The SMILES string of the molecule is CCC(C(=O)N1CCC2(CC1)C(=O)N(CC(=O)NCCc1ccccc1OC)CN2c1ccccc1)c1ccccc1. The molecule has 1 spiro atoms. The molecule has 5 rings (SSSR count). The molecular weight excluding hydrogens is 528 g/mol. The van der Waals surface area contributed by atoms with Crippen molar-refractivity contribution >= 4 is 23.4 Å². The number of benzene rings is 3. The number of para-hydroxylation sites is 2. The molecule has 3 amide bonds. The first kappa shape index (κ1) is 29.2. The van der Waals surface area contributed by atoms with Gasteiger partial charge in [-0.3, -0.25) is 14.4 Å². The summed E-state index contributed by atoms with van der Waals surface area (Å²) in [6.07, 6.45) is 2.39. The van der Waals surface area contributed by atoms with E-state index in [1.807, 2.05) is 96.8 Å². The Labute approximate surface area is 248 Å². The molecule has 0 aliphatic carbocycles. The molecule has 0 bridgehead atoms. The van der Waals surface area contributed by atoms with Crippen LogP contribution in [0.3, 0.4) is 0 Å². The predicted molar refractivity (Wildman–Crippen MR) is 163 cm³/mol. The summed E-state index contributed by atoms with van der Waals surface area (Å²) in [7, 11) is 1.64. The Morgan fingerprint density at radius 3 is 2.24 bits per heavy atom. The minimum Gasteiger partial charge on any atom is -0.496 e. The minimum atomic E-state index is -0.787. The molecule has 2 heterocycles. The Kier molecular flexibility index (Phi) is 9.10. The Morgan fingerprint density at radius 2 is 1.57 bits per heavy atom. The molecule has 1 unspecified atom stereocenters. The summed E-state index contributed by atoms with van der Waals surface area (Å²) >= 11 is 0. The third kappa shape index (κ3) is 5.98. The second kappa shape index (κ2) is 13.1. The number of hydrogen-bond acceptors (Lipinski definition) is 5. The van der Waals surface area contributed by atoms with Crippen LogP contribution in [-0.2, 0) is 20.8 Å². The van der Waals surface area contributed by atoms with Crippen LogP contribution in [0.1, 0.15) is 43.2 Å². The summed E-state index contributed by atoms with van der Waals surface area (Å²) in [5, 5.41) is 2.97. The summed E-state index contributed by atoms with van der Waals surface area (Å²) in [5.41, 5.74) is 2.20. The highest BCUT2D eigenvalue weighted by atomic mass is 16.5. The van der Waals surface area contributed by atoms with Crippen LogP contribution < -0.4 is 15.0 Å². The van der Waals surface area contributed by atoms with Crippen LogP contribution in [0.4, 0.5) is 5.69 Å². The van der Waals surface area contributed by atoms with Crippen LogP contribution in [0.5, 0.6) is 5.75 Å². The number of ether oxygens (including phenoxy) is 1. The van der Waals surface area contributed by atoms with Gasteiger partial charge < -0.3 is 24.8 Å². The van der Waals surface area contributed by atoms with E-state index in [0.29, 0.717) is 45.6 Å². The van der Waals surface area contributed by atoms with Crippen molar-refractivity contribution < 1.29 is 19.1 Å². The van der Waals surface area contributed by atoms with Crippen molar-refractivity contribution in [1.29, 1.82) is 0 Å². The lowest BCUT2D eigenvalue weighted by atomic mass is 9.84. The van der Waals surface area contributed by atoms with Crippen molar-refractivity contribution in [2.45, 2.75) is 44.1 Å². The smallest absolute Gasteiger partial charge is 0.250 e. The van der Waals surface area contributed by atoms with Gasteiger partial charge in [0.25, 0.3) is 5.91 Å². The fourth-order valence-corrected chi connectivity index (χ4v) is 6.35. The van der Waals surface area contributed by atoms with Gasteiger partial charge in [-0.05, 0) is 55.0 Å². The maximum atomic E-state index is 14.1. The zero-order chi connectivity index (χ0) is 29.5. The predicted octanol–water partition coefficient (Wildman–Crippen LogP) is 4.22. The quantitative estimate of drug-likeness (QED) is 0.396. The van der Waals surface area contributed by atoms with E-state index in [-0.39, 0.29) is 30.2 Å². The van der Waals surface area contributed by atoms with Gasteiger partial charge in [0.15, 0.2) is 0 Å². The lowest BCUT2D eigenvalue weighted by Crippen LogP contribution is -2.58. The van der Waals surface area contributed by atoms with E-state index in [2.05, 4.69) is 10.2 Å². The molecule has 3 aromatic carbocycles. The lowest BCUT2D eigenvalue weighted by Gasteiger charge is -2.44. The van der Waals surface area contributed by atoms with Crippen LogP contribution in [0.2, 0.25) is 0 Å². The molecule has 1 atom stereocenters. The Hall–Kier alpha value is -4.33. The first-order chi connectivity index (χ1) is 20.5. The Balaban J connectivity index is 1.26. The number of piperidine rings is 1. The van der Waals surface area contributed by atoms with Crippen molar-refractivity contribution in [2.75, 3.05) is 44.9 Å². The summed E-state index contributed by atoms with van der Waals surface area (Å²) < 4.78 is 5.41. The fourth-order valence-electron chi connectivity index (χ4n) is 6.35. The number of carbonyl (C=O) groups is 3. The zero-order valence-electron chi connectivity index (χ0n) is 24.5. The zero-order valence-corrected chi connectivity index (χ0v) is 24.5. The number of nitrogens with one attached hydrogen (secondary N) is 1. The van der Waals surface area contributed by atoms with Gasteiger partial charge in [-0.1, -0.05) is 73.7 Å². The summed E-state index contributed by atoms with van der Waals surface area (Å²) in [5.74, 6) is 0.473. The van der Waals surface area contributed by atoms with Crippen LogP contribution >= 0.6 is 0 Å². The van der Waals surface area contributed by atoms with Gasteiger partial charge in [0.2, 0.25) is 11.8 Å². The van der Waals surface area contributed by atoms with Crippen molar-refractivity contribution in [3.63, 3.8) is 0 Å². The number of amides is 3. The summed E-state index contributed by atoms with van der Waals surface area (Å²) in [6.45, 7) is 3.80. The monoisotopic (exact) mass is 568 g/mol. The average Bonchev–Trinajstić information content (AvgIpc) is 3.29. The van der Waals surface area contributed by atoms with Gasteiger partial charge >= 0.3 is 0 Å². The van der Waals surface area contributed by atoms with Gasteiger partial charge in [-0.25, -0.2) is 0 Å². The number of nitrogens with zero attached hydrogens (tertiary/aromatic N) is 3. The molecule has 8 heteroatoms. The molecule has 8 nitrogen and oxygen atoms in total. The van der Waals surface area contributed by atoms with Gasteiger partial charge in [-0.15, -0.1) is 0 Å². The van der Waals surface area contributed by atoms with E-state index in [1.165, 1.54) is 0 Å². The van der Waals surface area contributed by atoms with E-state index in [4.69, 9.17) is 4.74 Å². The van der Waals surface area contributed by atoms with E-state index in [0.717, 1.165) is 29.0 Å². The lowest BCUT2D eigenvalue weighted by molar-refractivity contribution is -0.140. The highest BCUT2D eigenvalue weighted by Crippen LogP contribution is 2.40. The number of methoxy groups -OCH3 is 1. The molecule has 1 N–H and O–H groups in total. The topological polar surface area (TPSA) is 82.2 Å². The van der Waals surface area contributed by atoms with Crippen molar-refractivity contribution in [2.24, 2.45) is 0 Å².